The molecule has 1 saturated heterocycles. The maximum absolute atomic E-state index is 14.4. The molecule has 1 fully saturated rings. The highest BCUT2D eigenvalue weighted by Gasteiger charge is 2.24. The molecule has 5 nitrogen and oxygen atoms in total. The minimum Gasteiger partial charge on any atom is -0.497 e. The van der Waals surface area contributed by atoms with Gasteiger partial charge < -0.3 is 14.7 Å². The minimum atomic E-state index is -1.09. The van der Waals surface area contributed by atoms with Crippen LogP contribution in [0.3, 0.4) is 0 Å². The molecule has 0 radical (unpaired) electrons. The first kappa shape index (κ1) is 17.0. The number of rotatable bonds is 4. The van der Waals surface area contributed by atoms with Crippen LogP contribution < -0.4 is 9.64 Å². The van der Waals surface area contributed by atoms with Crippen molar-refractivity contribution in [2.24, 2.45) is 0 Å². The van der Waals surface area contributed by atoms with E-state index < -0.39 is 11.8 Å². The molecule has 2 aromatic carbocycles. The molecule has 1 heterocycles. The fourth-order valence-corrected chi connectivity index (χ4v) is 3.01. The van der Waals surface area contributed by atoms with Crippen molar-refractivity contribution in [3.63, 3.8) is 0 Å². The number of aromatic carboxylic acids is 1. The Kier molecular flexibility index (Phi) is 4.70. The number of piperidine rings is 1. The number of benzene rings is 2. The lowest BCUT2D eigenvalue weighted by Crippen LogP contribution is -2.35. The Morgan fingerprint density at radius 2 is 1.96 bits per heavy atom. The number of carboxylic acids is 1. The molecular weight excluding hydrogens is 325 g/mol. The van der Waals surface area contributed by atoms with E-state index >= 15 is 0 Å². The number of carbonyl (C=O) groups is 2. The molecule has 1 aliphatic rings. The number of amides is 1. The minimum absolute atomic E-state index is 0.0560. The topological polar surface area (TPSA) is 66.8 Å². The van der Waals surface area contributed by atoms with E-state index in [-0.39, 0.29) is 17.0 Å². The highest BCUT2D eigenvalue weighted by Crippen LogP contribution is 2.36. The van der Waals surface area contributed by atoms with Gasteiger partial charge in [-0.2, -0.15) is 0 Å². The van der Waals surface area contributed by atoms with E-state index in [0.717, 1.165) is 12.8 Å². The van der Waals surface area contributed by atoms with Gasteiger partial charge in [0, 0.05) is 24.1 Å². The molecule has 0 aromatic heterocycles. The second-order valence-electron chi connectivity index (χ2n) is 5.89. The Bertz CT molecular complexity index is 834. The molecule has 1 amide bonds. The molecule has 1 N–H and O–H groups in total. The van der Waals surface area contributed by atoms with Gasteiger partial charge in [0.2, 0.25) is 5.91 Å². The van der Waals surface area contributed by atoms with E-state index in [0.29, 0.717) is 30.0 Å². The van der Waals surface area contributed by atoms with E-state index in [1.807, 2.05) is 0 Å². The second kappa shape index (κ2) is 6.93. The van der Waals surface area contributed by atoms with Crippen molar-refractivity contribution in [1.29, 1.82) is 0 Å². The van der Waals surface area contributed by atoms with E-state index in [1.165, 1.54) is 31.4 Å². The summed E-state index contributed by atoms with van der Waals surface area (Å²) in [6, 6.07) is 8.73. The molecule has 0 aliphatic carbocycles. The number of ether oxygens (including phenoxy) is 1. The lowest BCUT2D eigenvalue weighted by Gasteiger charge is -2.29. The van der Waals surface area contributed by atoms with Crippen molar-refractivity contribution in [1.82, 2.24) is 0 Å². The fourth-order valence-electron chi connectivity index (χ4n) is 3.01. The van der Waals surface area contributed by atoms with Crippen LogP contribution in [0.15, 0.2) is 36.4 Å². The first-order valence-corrected chi connectivity index (χ1v) is 8.03. The summed E-state index contributed by atoms with van der Waals surface area (Å²) in [6.45, 7) is 0.487. The lowest BCUT2D eigenvalue weighted by atomic mass is 9.98. The number of methoxy groups -OCH3 is 1. The van der Waals surface area contributed by atoms with Gasteiger partial charge in [0.05, 0.1) is 18.4 Å². The quantitative estimate of drug-likeness (QED) is 0.919. The summed E-state index contributed by atoms with van der Waals surface area (Å²) in [5, 5.41) is 9.27. The molecule has 0 saturated carbocycles. The maximum atomic E-state index is 14.4. The van der Waals surface area contributed by atoms with Crippen LogP contribution in [0.2, 0.25) is 0 Å². The molecule has 130 valence electrons. The Morgan fingerprint density at radius 1 is 1.16 bits per heavy atom. The summed E-state index contributed by atoms with van der Waals surface area (Å²) in [5.41, 5.74) is 1.21. The van der Waals surface area contributed by atoms with E-state index in [1.54, 1.807) is 17.0 Å². The van der Waals surface area contributed by atoms with Crippen molar-refractivity contribution >= 4 is 17.6 Å². The van der Waals surface area contributed by atoms with Crippen molar-refractivity contribution in [3.8, 4) is 16.9 Å². The Labute approximate surface area is 144 Å². The highest BCUT2D eigenvalue weighted by atomic mass is 19.1. The number of hydrogen-bond donors (Lipinski definition) is 1. The van der Waals surface area contributed by atoms with Crippen LogP contribution in [0.25, 0.3) is 11.1 Å². The standard InChI is InChI=1S/C19H18FNO4/c1-25-13-6-8-16(20)15(11-13)14-7-5-12(19(23)24)10-17(14)21-9-3-2-4-18(21)22/h5-8,10-11H,2-4,9H2,1H3,(H,23,24). The number of carbonyl (C=O) groups excluding carboxylic acids is 1. The average molecular weight is 343 g/mol. The molecule has 6 heteroatoms. The molecule has 3 rings (SSSR count). The number of nitrogens with zero attached hydrogens (tertiary/aromatic N) is 1. The molecule has 0 atom stereocenters. The lowest BCUT2D eigenvalue weighted by molar-refractivity contribution is -0.119. The highest BCUT2D eigenvalue weighted by molar-refractivity contribution is 6.00. The van der Waals surface area contributed by atoms with E-state index in [9.17, 15) is 19.1 Å². The fraction of sp³-hybridized carbons (Fsp3) is 0.263. The van der Waals surface area contributed by atoms with Gasteiger partial charge in [-0.1, -0.05) is 6.07 Å². The summed E-state index contributed by atoms with van der Waals surface area (Å²) in [5.74, 6) is -1.16. The zero-order valence-corrected chi connectivity index (χ0v) is 13.8. The van der Waals surface area contributed by atoms with E-state index in [2.05, 4.69) is 0 Å². The zero-order valence-electron chi connectivity index (χ0n) is 13.8. The SMILES string of the molecule is COc1ccc(F)c(-c2ccc(C(=O)O)cc2N2CCCCC2=O)c1. The van der Waals surface area contributed by atoms with Crippen molar-refractivity contribution in [3.05, 3.63) is 47.8 Å². The van der Waals surface area contributed by atoms with Crippen molar-refractivity contribution in [2.75, 3.05) is 18.6 Å². The third-order valence-corrected chi connectivity index (χ3v) is 4.32. The molecule has 0 unspecified atom stereocenters. The molecule has 1 aliphatic heterocycles. The molecule has 2 aromatic rings. The van der Waals surface area contributed by atoms with Gasteiger partial charge in [0.25, 0.3) is 0 Å². The van der Waals surface area contributed by atoms with Crippen molar-refractivity contribution < 1.29 is 23.8 Å². The summed E-state index contributed by atoms with van der Waals surface area (Å²) >= 11 is 0. The van der Waals surface area contributed by atoms with Gasteiger partial charge in [-0.3, -0.25) is 4.79 Å². The normalized spacial score (nSPS) is 14.5. The van der Waals surface area contributed by atoms with Crippen LogP contribution in [0.4, 0.5) is 10.1 Å². The summed E-state index contributed by atoms with van der Waals surface area (Å²) in [4.78, 5) is 25.2. The second-order valence-corrected chi connectivity index (χ2v) is 5.89. The molecular formula is C19H18FNO4. The molecule has 25 heavy (non-hydrogen) atoms. The number of hydrogen-bond acceptors (Lipinski definition) is 3. The Balaban J connectivity index is 2.19. The van der Waals surface area contributed by atoms with Crippen LogP contribution in [-0.2, 0) is 4.79 Å². The number of anilines is 1. The van der Waals surface area contributed by atoms with Gasteiger partial charge in [0.1, 0.15) is 11.6 Å². The van der Waals surface area contributed by atoms with E-state index in [4.69, 9.17) is 4.74 Å². The predicted octanol–water partition coefficient (Wildman–Crippen LogP) is 3.72. The zero-order chi connectivity index (χ0) is 18.0. The summed E-state index contributed by atoms with van der Waals surface area (Å²) < 4.78 is 19.6. The number of carboxylic acid groups (broad SMARTS) is 1. The Morgan fingerprint density at radius 3 is 2.64 bits per heavy atom. The monoisotopic (exact) mass is 343 g/mol. The largest absolute Gasteiger partial charge is 0.497 e. The van der Waals surface area contributed by atoms with Gasteiger partial charge in [-0.25, -0.2) is 9.18 Å². The Hall–Kier alpha value is -2.89. The molecule has 0 spiro atoms. The third-order valence-electron chi connectivity index (χ3n) is 4.32. The van der Waals surface area contributed by atoms with Gasteiger partial charge in [-0.05, 0) is 43.2 Å². The first-order chi connectivity index (χ1) is 12.0. The van der Waals surface area contributed by atoms with Gasteiger partial charge >= 0.3 is 5.97 Å². The average Bonchev–Trinajstić information content (AvgIpc) is 2.62. The van der Waals surface area contributed by atoms with Crippen LogP contribution in [0.1, 0.15) is 29.6 Å². The smallest absolute Gasteiger partial charge is 0.335 e. The maximum Gasteiger partial charge on any atom is 0.335 e. The first-order valence-electron chi connectivity index (χ1n) is 8.03. The van der Waals surface area contributed by atoms with Gasteiger partial charge in [0.15, 0.2) is 0 Å². The van der Waals surface area contributed by atoms with Crippen molar-refractivity contribution in [2.45, 2.75) is 19.3 Å². The van der Waals surface area contributed by atoms with Crippen LogP contribution in [0, 0.1) is 5.82 Å². The van der Waals surface area contributed by atoms with Crippen LogP contribution >= 0.6 is 0 Å². The van der Waals surface area contributed by atoms with Crippen LogP contribution in [0.5, 0.6) is 5.75 Å². The van der Waals surface area contributed by atoms with Crippen LogP contribution in [-0.4, -0.2) is 30.6 Å². The van der Waals surface area contributed by atoms with Gasteiger partial charge in [-0.15, -0.1) is 0 Å². The summed E-state index contributed by atoms with van der Waals surface area (Å²) in [7, 11) is 1.49. The molecule has 0 bridgehead atoms. The number of halogens is 1. The third kappa shape index (κ3) is 3.33. The predicted molar refractivity (Wildman–Crippen MR) is 91.6 cm³/mol. The summed E-state index contributed by atoms with van der Waals surface area (Å²) in [6.07, 6.45) is 2.03.